The Balaban J connectivity index is 2.12. The zero-order chi connectivity index (χ0) is 10.7. The van der Waals surface area contributed by atoms with Gasteiger partial charge in [-0.15, -0.1) is 0 Å². The summed E-state index contributed by atoms with van der Waals surface area (Å²) in [4.78, 5) is 11.1. The summed E-state index contributed by atoms with van der Waals surface area (Å²) < 4.78 is 4.98. The molecule has 1 heterocycles. The van der Waals surface area contributed by atoms with Gasteiger partial charge >= 0.3 is 6.09 Å². The molecule has 1 aromatic rings. The molecule has 1 aliphatic rings. The Bertz CT molecular complexity index is 350. The second-order valence-corrected chi connectivity index (χ2v) is 4.00. The first kappa shape index (κ1) is 10.0. The van der Waals surface area contributed by atoms with Crippen molar-refractivity contribution in [1.29, 1.82) is 0 Å². The van der Waals surface area contributed by atoms with Crippen LogP contribution in [0.2, 0.25) is 0 Å². The fourth-order valence-corrected chi connectivity index (χ4v) is 1.89. The number of carbonyl (C=O) groups is 1. The molecule has 0 aliphatic carbocycles. The van der Waals surface area contributed by atoms with Gasteiger partial charge in [0.2, 0.25) is 0 Å². The zero-order valence-electron chi connectivity index (χ0n) is 8.82. The average Bonchev–Trinajstić information content (AvgIpc) is 2.62. The maximum absolute atomic E-state index is 11.1. The SMILES string of the molecule is CCC1(Cc2ccccc2)COC(=O)N1. The molecule has 1 N–H and O–H groups in total. The second kappa shape index (κ2) is 3.93. The standard InChI is InChI=1S/C12H15NO2/c1-2-12(9-15-11(14)13-12)8-10-6-4-3-5-7-10/h3-7H,2,8-9H2,1H3,(H,13,14). The highest BCUT2D eigenvalue weighted by Gasteiger charge is 2.37. The molecule has 3 nitrogen and oxygen atoms in total. The quantitative estimate of drug-likeness (QED) is 0.820. The maximum Gasteiger partial charge on any atom is 0.407 e. The van der Waals surface area contributed by atoms with Crippen molar-refractivity contribution in [3.63, 3.8) is 0 Å². The highest BCUT2D eigenvalue weighted by molar-refractivity contribution is 5.70. The van der Waals surface area contributed by atoms with E-state index in [2.05, 4.69) is 24.4 Å². The van der Waals surface area contributed by atoms with Crippen LogP contribution in [0.1, 0.15) is 18.9 Å². The van der Waals surface area contributed by atoms with E-state index in [4.69, 9.17) is 4.74 Å². The van der Waals surface area contributed by atoms with Crippen molar-refractivity contribution in [2.24, 2.45) is 0 Å². The Morgan fingerprint density at radius 1 is 1.40 bits per heavy atom. The molecule has 1 aliphatic heterocycles. The topological polar surface area (TPSA) is 38.3 Å². The lowest BCUT2D eigenvalue weighted by Crippen LogP contribution is -2.44. The van der Waals surface area contributed by atoms with Gasteiger partial charge in [-0.1, -0.05) is 37.3 Å². The molecule has 15 heavy (non-hydrogen) atoms. The number of hydrogen-bond acceptors (Lipinski definition) is 2. The summed E-state index contributed by atoms with van der Waals surface area (Å²) in [6.45, 7) is 2.54. The van der Waals surface area contributed by atoms with Crippen LogP contribution in [0.4, 0.5) is 4.79 Å². The predicted molar refractivity (Wildman–Crippen MR) is 57.7 cm³/mol. The van der Waals surface area contributed by atoms with Gasteiger partial charge in [-0.3, -0.25) is 0 Å². The van der Waals surface area contributed by atoms with E-state index in [0.29, 0.717) is 6.61 Å². The van der Waals surface area contributed by atoms with Crippen LogP contribution >= 0.6 is 0 Å². The molecule has 1 fully saturated rings. The second-order valence-electron chi connectivity index (χ2n) is 4.00. The highest BCUT2D eigenvalue weighted by atomic mass is 16.6. The average molecular weight is 205 g/mol. The van der Waals surface area contributed by atoms with Crippen LogP contribution < -0.4 is 5.32 Å². The Morgan fingerprint density at radius 3 is 2.67 bits per heavy atom. The lowest BCUT2D eigenvalue weighted by molar-refractivity contribution is 0.171. The van der Waals surface area contributed by atoms with Gasteiger partial charge in [-0.2, -0.15) is 0 Å². The Hall–Kier alpha value is -1.51. The number of cyclic esters (lactones) is 1. The molecule has 1 amide bonds. The third-order valence-corrected chi connectivity index (χ3v) is 2.91. The molecule has 1 atom stereocenters. The number of nitrogens with one attached hydrogen (secondary N) is 1. The van der Waals surface area contributed by atoms with Crippen molar-refractivity contribution in [2.75, 3.05) is 6.61 Å². The van der Waals surface area contributed by atoms with E-state index >= 15 is 0 Å². The van der Waals surface area contributed by atoms with Crippen molar-refractivity contribution < 1.29 is 9.53 Å². The van der Waals surface area contributed by atoms with Gasteiger partial charge in [0.25, 0.3) is 0 Å². The van der Waals surface area contributed by atoms with Gasteiger partial charge in [0.15, 0.2) is 0 Å². The van der Waals surface area contributed by atoms with Gasteiger partial charge in [0.1, 0.15) is 6.61 Å². The summed E-state index contributed by atoms with van der Waals surface area (Å²) in [5.41, 5.74) is 1.02. The van der Waals surface area contributed by atoms with Gasteiger partial charge in [-0.25, -0.2) is 4.79 Å². The minimum absolute atomic E-state index is 0.210. The Kier molecular flexibility index (Phi) is 2.62. The number of ether oxygens (including phenoxy) is 1. The number of alkyl carbamates (subject to hydrolysis) is 1. The minimum Gasteiger partial charge on any atom is -0.447 e. The van der Waals surface area contributed by atoms with E-state index in [0.717, 1.165) is 12.8 Å². The fourth-order valence-electron chi connectivity index (χ4n) is 1.89. The van der Waals surface area contributed by atoms with E-state index in [9.17, 15) is 4.79 Å². The van der Waals surface area contributed by atoms with Crippen LogP contribution in [0.3, 0.4) is 0 Å². The van der Waals surface area contributed by atoms with Gasteiger partial charge < -0.3 is 10.1 Å². The van der Waals surface area contributed by atoms with Crippen LogP contribution in [-0.4, -0.2) is 18.2 Å². The van der Waals surface area contributed by atoms with Crippen LogP contribution in [0.15, 0.2) is 30.3 Å². The third-order valence-electron chi connectivity index (χ3n) is 2.91. The van der Waals surface area contributed by atoms with E-state index in [1.807, 2.05) is 18.2 Å². The fraction of sp³-hybridized carbons (Fsp3) is 0.417. The van der Waals surface area contributed by atoms with Crippen molar-refractivity contribution in [3.8, 4) is 0 Å². The van der Waals surface area contributed by atoms with Gasteiger partial charge in [-0.05, 0) is 18.4 Å². The summed E-state index contributed by atoms with van der Waals surface area (Å²) in [6.07, 6.45) is 1.41. The summed E-state index contributed by atoms with van der Waals surface area (Å²) in [5, 5.41) is 2.90. The summed E-state index contributed by atoms with van der Waals surface area (Å²) in [7, 11) is 0. The minimum atomic E-state index is -0.298. The van der Waals surface area contributed by atoms with E-state index in [1.165, 1.54) is 5.56 Å². The molecule has 1 saturated heterocycles. The summed E-state index contributed by atoms with van der Waals surface area (Å²) >= 11 is 0. The molecule has 0 bridgehead atoms. The number of amides is 1. The molecule has 1 aromatic carbocycles. The van der Waals surface area contributed by atoms with Crippen LogP contribution in [-0.2, 0) is 11.2 Å². The molecule has 0 aromatic heterocycles. The number of hydrogen-bond donors (Lipinski definition) is 1. The van der Waals surface area contributed by atoms with Crippen molar-refractivity contribution in [3.05, 3.63) is 35.9 Å². The first-order valence-electron chi connectivity index (χ1n) is 5.23. The third kappa shape index (κ3) is 2.12. The lowest BCUT2D eigenvalue weighted by Gasteiger charge is -2.24. The summed E-state index contributed by atoms with van der Waals surface area (Å²) in [6, 6.07) is 10.2. The predicted octanol–water partition coefficient (Wildman–Crippen LogP) is 2.12. The highest BCUT2D eigenvalue weighted by Crippen LogP contribution is 2.22. The first-order valence-corrected chi connectivity index (χ1v) is 5.23. The van der Waals surface area contributed by atoms with Crippen molar-refractivity contribution in [1.82, 2.24) is 5.32 Å². The van der Waals surface area contributed by atoms with Crippen molar-refractivity contribution in [2.45, 2.75) is 25.3 Å². The van der Waals surface area contributed by atoms with Gasteiger partial charge in [0.05, 0.1) is 5.54 Å². The maximum atomic E-state index is 11.1. The molecule has 0 spiro atoms. The molecular formula is C12H15NO2. The molecule has 80 valence electrons. The monoisotopic (exact) mass is 205 g/mol. The first-order chi connectivity index (χ1) is 7.24. The van der Waals surface area contributed by atoms with E-state index < -0.39 is 0 Å². The molecule has 0 saturated carbocycles. The summed E-state index contributed by atoms with van der Waals surface area (Å²) in [5.74, 6) is 0. The van der Waals surface area contributed by atoms with Crippen molar-refractivity contribution >= 4 is 6.09 Å². The number of carbonyl (C=O) groups excluding carboxylic acids is 1. The molecule has 2 rings (SSSR count). The number of rotatable bonds is 3. The van der Waals surface area contributed by atoms with Gasteiger partial charge in [0, 0.05) is 0 Å². The van der Waals surface area contributed by atoms with E-state index in [-0.39, 0.29) is 11.6 Å². The lowest BCUT2D eigenvalue weighted by atomic mass is 9.90. The molecule has 1 unspecified atom stereocenters. The van der Waals surface area contributed by atoms with E-state index in [1.54, 1.807) is 0 Å². The van der Waals surface area contributed by atoms with Crippen LogP contribution in [0, 0.1) is 0 Å². The normalized spacial score (nSPS) is 24.7. The zero-order valence-corrected chi connectivity index (χ0v) is 8.82. The molecular weight excluding hydrogens is 190 g/mol. The molecule has 3 heteroatoms. The smallest absolute Gasteiger partial charge is 0.407 e. The van der Waals surface area contributed by atoms with Crippen LogP contribution in [0.5, 0.6) is 0 Å². The Labute approximate surface area is 89.4 Å². The Morgan fingerprint density at radius 2 is 2.13 bits per heavy atom. The number of benzene rings is 1. The van der Waals surface area contributed by atoms with Crippen LogP contribution in [0.25, 0.3) is 0 Å². The largest absolute Gasteiger partial charge is 0.447 e. The molecule has 0 radical (unpaired) electrons.